The van der Waals surface area contributed by atoms with E-state index >= 15 is 0 Å². The molecule has 1 aromatic rings. The molecule has 0 unspecified atom stereocenters. The SMILES string of the molecule is COc1ccc(CNCC2(CO)CC2)cc1[N+](=O)[O-]. The van der Waals surface area contributed by atoms with Crippen LogP contribution in [0.15, 0.2) is 18.2 Å². The van der Waals surface area contributed by atoms with Crippen LogP contribution in [0, 0.1) is 15.5 Å². The van der Waals surface area contributed by atoms with Crippen molar-refractivity contribution in [1.82, 2.24) is 5.32 Å². The minimum absolute atomic E-state index is 0.0231. The maximum Gasteiger partial charge on any atom is 0.311 e. The summed E-state index contributed by atoms with van der Waals surface area (Å²) in [7, 11) is 1.42. The lowest BCUT2D eigenvalue weighted by atomic mass is 10.1. The number of hydrogen-bond acceptors (Lipinski definition) is 5. The molecule has 0 radical (unpaired) electrons. The summed E-state index contributed by atoms with van der Waals surface area (Å²) in [6, 6.07) is 4.93. The highest BCUT2D eigenvalue weighted by Crippen LogP contribution is 2.44. The highest BCUT2D eigenvalue weighted by Gasteiger charge is 2.41. The Hall–Kier alpha value is -1.66. The fourth-order valence-corrected chi connectivity index (χ4v) is 2.03. The average molecular weight is 266 g/mol. The quantitative estimate of drug-likeness (QED) is 0.576. The van der Waals surface area contributed by atoms with Gasteiger partial charge in [-0.1, -0.05) is 6.07 Å². The van der Waals surface area contributed by atoms with E-state index in [4.69, 9.17) is 4.74 Å². The number of aliphatic hydroxyl groups excluding tert-OH is 1. The van der Waals surface area contributed by atoms with Crippen molar-refractivity contribution in [3.8, 4) is 5.75 Å². The predicted molar refractivity (Wildman–Crippen MR) is 70.1 cm³/mol. The Morgan fingerprint density at radius 3 is 2.79 bits per heavy atom. The number of aliphatic hydroxyl groups is 1. The summed E-state index contributed by atoms with van der Waals surface area (Å²) in [6.07, 6.45) is 2.08. The summed E-state index contributed by atoms with van der Waals surface area (Å²) in [6.45, 7) is 1.48. The van der Waals surface area contributed by atoms with Crippen LogP contribution in [-0.4, -0.2) is 30.3 Å². The normalized spacial score (nSPS) is 16.1. The van der Waals surface area contributed by atoms with Gasteiger partial charge in [0.25, 0.3) is 0 Å². The monoisotopic (exact) mass is 266 g/mol. The molecule has 0 atom stereocenters. The third-order valence-corrected chi connectivity index (χ3v) is 3.56. The Bertz CT molecular complexity index is 472. The van der Waals surface area contributed by atoms with Crippen LogP contribution >= 0.6 is 0 Å². The van der Waals surface area contributed by atoms with E-state index in [9.17, 15) is 15.2 Å². The molecule has 0 aliphatic heterocycles. The van der Waals surface area contributed by atoms with Crippen LogP contribution in [0.2, 0.25) is 0 Å². The lowest BCUT2D eigenvalue weighted by Gasteiger charge is -2.12. The van der Waals surface area contributed by atoms with Gasteiger partial charge in [-0.05, 0) is 24.5 Å². The number of rotatable bonds is 7. The van der Waals surface area contributed by atoms with Gasteiger partial charge in [0, 0.05) is 31.2 Å². The van der Waals surface area contributed by atoms with Crippen LogP contribution in [-0.2, 0) is 6.54 Å². The van der Waals surface area contributed by atoms with Crippen LogP contribution < -0.4 is 10.1 Å². The molecular formula is C13H18N2O4. The molecule has 0 amide bonds. The van der Waals surface area contributed by atoms with Crippen LogP contribution in [0.5, 0.6) is 5.75 Å². The Kier molecular flexibility index (Phi) is 4.01. The highest BCUT2D eigenvalue weighted by atomic mass is 16.6. The maximum absolute atomic E-state index is 10.9. The Morgan fingerprint density at radius 2 is 2.26 bits per heavy atom. The zero-order valence-corrected chi connectivity index (χ0v) is 10.9. The van der Waals surface area contributed by atoms with Crippen molar-refractivity contribution >= 4 is 5.69 Å². The Balaban J connectivity index is 1.97. The fraction of sp³-hybridized carbons (Fsp3) is 0.538. The van der Waals surface area contributed by atoms with Crippen molar-refractivity contribution in [3.63, 3.8) is 0 Å². The Morgan fingerprint density at radius 1 is 1.53 bits per heavy atom. The van der Waals surface area contributed by atoms with E-state index < -0.39 is 4.92 Å². The predicted octanol–water partition coefficient (Wildman–Crippen LogP) is 1.47. The molecule has 0 bridgehead atoms. The number of nitrogens with one attached hydrogen (secondary N) is 1. The van der Waals surface area contributed by atoms with Crippen molar-refractivity contribution in [2.75, 3.05) is 20.3 Å². The molecule has 0 aromatic heterocycles. The van der Waals surface area contributed by atoms with Crippen LogP contribution in [0.1, 0.15) is 18.4 Å². The Labute approximate surface area is 111 Å². The van der Waals surface area contributed by atoms with Gasteiger partial charge in [-0.25, -0.2) is 0 Å². The van der Waals surface area contributed by atoms with Gasteiger partial charge in [0.15, 0.2) is 5.75 Å². The fourth-order valence-electron chi connectivity index (χ4n) is 2.03. The first-order valence-corrected chi connectivity index (χ1v) is 6.23. The number of benzene rings is 1. The second-order valence-corrected chi connectivity index (χ2v) is 5.02. The van der Waals surface area contributed by atoms with Crippen molar-refractivity contribution in [2.24, 2.45) is 5.41 Å². The number of hydrogen-bond donors (Lipinski definition) is 2. The van der Waals surface area contributed by atoms with E-state index in [0.717, 1.165) is 24.9 Å². The van der Waals surface area contributed by atoms with Crippen molar-refractivity contribution in [2.45, 2.75) is 19.4 Å². The maximum atomic E-state index is 10.9. The first-order chi connectivity index (χ1) is 9.10. The molecule has 1 aliphatic rings. The smallest absolute Gasteiger partial charge is 0.311 e. The molecule has 1 saturated carbocycles. The minimum Gasteiger partial charge on any atom is -0.490 e. The molecule has 0 heterocycles. The van der Waals surface area contributed by atoms with Crippen molar-refractivity contribution in [1.29, 1.82) is 0 Å². The first-order valence-electron chi connectivity index (χ1n) is 6.23. The van der Waals surface area contributed by atoms with Crippen molar-refractivity contribution in [3.05, 3.63) is 33.9 Å². The van der Waals surface area contributed by atoms with Gasteiger partial charge in [-0.3, -0.25) is 10.1 Å². The van der Waals surface area contributed by atoms with Gasteiger partial charge in [0.05, 0.1) is 12.0 Å². The largest absolute Gasteiger partial charge is 0.490 e. The molecule has 1 aliphatic carbocycles. The van der Waals surface area contributed by atoms with Gasteiger partial charge in [0.2, 0.25) is 0 Å². The topological polar surface area (TPSA) is 84.6 Å². The second-order valence-electron chi connectivity index (χ2n) is 5.02. The van der Waals surface area contributed by atoms with Gasteiger partial charge in [0.1, 0.15) is 0 Å². The van der Waals surface area contributed by atoms with E-state index in [2.05, 4.69) is 5.32 Å². The number of ether oxygens (including phenoxy) is 1. The summed E-state index contributed by atoms with van der Waals surface area (Å²) >= 11 is 0. The van der Waals surface area contributed by atoms with Crippen molar-refractivity contribution < 1.29 is 14.8 Å². The van der Waals surface area contributed by atoms with E-state index in [0.29, 0.717) is 6.54 Å². The van der Waals surface area contributed by atoms with Crippen LogP contribution in [0.3, 0.4) is 0 Å². The lowest BCUT2D eigenvalue weighted by Crippen LogP contribution is -2.26. The number of methoxy groups -OCH3 is 1. The zero-order chi connectivity index (χ0) is 13.9. The van der Waals surface area contributed by atoms with E-state index in [1.54, 1.807) is 12.1 Å². The molecule has 1 fully saturated rings. The van der Waals surface area contributed by atoms with E-state index in [1.807, 2.05) is 0 Å². The van der Waals surface area contributed by atoms with E-state index in [1.165, 1.54) is 13.2 Å². The zero-order valence-electron chi connectivity index (χ0n) is 10.9. The van der Waals surface area contributed by atoms with Gasteiger partial charge < -0.3 is 15.2 Å². The number of nitrogens with zero attached hydrogens (tertiary/aromatic N) is 1. The number of nitro benzene ring substituents is 1. The van der Waals surface area contributed by atoms with Gasteiger partial charge in [-0.2, -0.15) is 0 Å². The summed E-state index contributed by atoms with van der Waals surface area (Å²) in [5.74, 6) is 0.266. The first kappa shape index (κ1) is 13.8. The molecule has 0 saturated heterocycles. The standard InChI is InChI=1S/C13H18N2O4/c1-19-12-3-2-10(6-11(12)15(17)18)7-14-8-13(9-16)4-5-13/h2-3,6,14,16H,4-5,7-9H2,1H3. The summed E-state index contributed by atoms with van der Waals surface area (Å²) in [5.41, 5.74) is 0.852. The molecular weight excluding hydrogens is 248 g/mol. The molecule has 2 rings (SSSR count). The van der Waals surface area contributed by atoms with Gasteiger partial charge >= 0.3 is 5.69 Å². The molecule has 1 aromatic carbocycles. The highest BCUT2D eigenvalue weighted by molar-refractivity contribution is 5.48. The molecule has 6 heteroatoms. The summed E-state index contributed by atoms with van der Waals surface area (Å²) in [5, 5.41) is 23.3. The van der Waals surface area contributed by atoms with Gasteiger partial charge in [-0.15, -0.1) is 0 Å². The van der Waals surface area contributed by atoms with Crippen LogP contribution in [0.25, 0.3) is 0 Å². The summed E-state index contributed by atoms with van der Waals surface area (Å²) < 4.78 is 4.95. The molecule has 19 heavy (non-hydrogen) atoms. The third-order valence-electron chi connectivity index (χ3n) is 3.56. The number of nitro groups is 1. The summed E-state index contributed by atoms with van der Waals surface area (Å²) in [4.78, 5) is 10.4. The molecule has 6 nitrogen and oxygen atoms in total. The molecule has 0 spiro atoms. The van der Waals surface area contributed by atoms with Crippen LogP contribution in [0.4, 0.5) is 5.69 Å². The molecule has 2 N–H and O–H groups in total. The average Bonchev–Trinajstić information content (AvgIpc) is 3.19. The minimum atomic E-state index is -0.446. The lowest BCUT2D eigenvalue weighted by molar-refractivity contribution is -0.385. The second kappa shape index (κ2) is 5.54. The molecule has 104 valence electrons. The third kappa shape index (κ3) is 3.21. The van der Waals surface area contributed by atoms with E-state index in [-0.39, 0.29) is 23.5 Å².